The van der Waals surface area contributed by atoms with E-state index in [1.165, 1.54) is 0 Å². The van der Waals surface area contributed by atoms with Gasteiger partial charge in [-0.05, 0) is 36.5 Å². The number of aryl methyl sites for hydroxylation is 1. The van der Waals surface area contributed by atoms with Gasteiger partial charge in [0.25, 0.3) is 0 Å². The van der Waals surface area contributed by atoms with Gasteiger partial charge in [-0.15, -0.1) is 0 Å². The zero-order chi connectivity index (χ0) is 26.5. The number of amidine groups is 1. The summed E-state index contributed by atoms with van der Waals surface area (Å²) in [6.45, 7) is 2.01. The zero-order valence-corrected chi connectivity index (χ0v) is 20.7. The Morgan fingerprint density at radius 2 is 1.49 bits per heavy atom. The van der Waals surface area contributed by atoms with E-state index < -0.39 is 12.1 Å². The van der Waals surface area contributed by atoms with Gasteiger partial charge >= 0.3 is 6.09 Å². The van der Waals surface area contributed by atoms with Crippen molar-refractivity contribution in [3.63, 3.8) is 0 Å². The van der Waals surface area contributed by atoms with Gasteiger partial charge in [0.1, 0.15) is 18.5 Å². The van der Waals surface area contributed by atoms with Crippen LogP contribution in [-0.2, 0) is 33.9 Å². The fraction of sp³-hybridized carbons (Fsp3) is 0.207. The molecule has 3 rings (SSSR count). The Hall–Kier alpha value is -4.46. The summed E-state index contributed by atoms with van der Waals surface area (Å²) in [5, 5.41) is 15.9. The van der Waals surface area contributed by atoms with Crippen LogP contribution in [0.3, 0.4) is 0 Å². The molecule has 0 fully saturated rings. The average Bonchev–Trinajstić information content (AvgIpc) is 2.92. The number of amides is 3. The van der Waals surface area contributed by atoms with Crippen LogP contribution >= 0.6 is 0 Å². The Morgan fingerprint density at radius 1 is 0.865 bits per heavy atom. The summed E-state index contributed by atoms with van der Waals surface area (Å²) in [5.74, 6) is -0.672. The number of carbonyl (C=O) groups excluding carboxylic acids is 3. The van der Waals surface area contributed by atoms with Gasteiger partial charge in [-0.25, -0.2) is 4.79 Å². The highest BCUT2D eigenvalue weighted by Crippen LogP contribution is 2.06. The van der Waals surface area contributed by atoms with Crippen molar-refractivity contribution in [1.29, 1.82) is 5.41 Å². The molecule has 0 spiro atoms. The molecule has 0 saturated heterocycles. The molecule has 191 valence electrons. The van der Waals surface area contributed by atoms with Crippen molar-refractivity contribution in [1.82, 2.24) is 16.0 Å². The number of alkyl carbamates (subject to hydrolysis) is 1. The van der Waals surface area contributed by atoms with Crippen LogP contribution in [-0.4, -0.2) is 29.8 Å². The Morgan fingerprint density at radius 3 is 2.14 bits per heavy atom. The second-order valence-corrected chi connectivity index (χ2v) is 8.44. The number of ether oxygens (including phenoxy) is 1. The quantitative estimate of drug-likeness (QED) is 0.236. The summed E-state index contributed by atoms with van der Waals surface area (Å²) in [6.07, 6.45) is 2.19. The molecule has 0 unspecified atom stereocenters. The number of carbonyl (C=O) groups is 3. The molecule has 1 atom stereocenters. The average molecular weight is 500 g/mol. The van der Waals surface area contributed by atoms with Gasteiger partial charge < -0.3 is 15.4 Å². The summed E-state index contributed by atoms with van der Waals surface area (Å²) >= 11 is 0. The van der Waals surface area contributed by atoms with E-state index >= 15 is 0 Å². The lowest BCUT2D eigenvalue weighted by Gasteiger charge is -2.14. The van der Waals surface area contributed by atoms with E-state index in [0.29, 0.717) is 12.0 Å². The fourth-order valence-electron chi connectivity index (χ4n) is 3.42. The van der Waals surface area contributed by atoms with E-state index in [4.69, 9.17) is 10.1 Å². The molecule has 3 aromatic carbocycles. The van der Waals surface area contributed by atoms with Crippen molar-refractivity contribution in [2.75, 3.05) is 0 Å². The third-order valence-electron chi connectivity index (χ3n) is 5.51. The number of hydrogen-bond acceptors (Lipinski definition) is 5. The van der Waals surface area contributed by atoms with Crippen molar-refractivity contribution >= 4 is 23.7 Å². The maximum atomic E-state index is 12.4. The maximum Gasteiger partial charge on any atom is 0.413 e. The molecule has 0 aliphatic rings. The van der Waals surface area contributed by atoms with Crippen LogP contribution in [0.4, 0.5) is 4.79 Å². The first-order valence-electron chi connectivity index (χ1n) is 12.0. The molecule has 0 heterocycles. The summed E-state index contributed by atoms with van der Waals surface area (Å²) < 4.78 is 5.13. The topological polar surface area (TPSA) is 120 Å². The maximum absolute atomic E-state index is 12.4. The lowest BCUT2D eigenvalue weighted by molar-refractivity contribution is -0.127. The molecule has 0 aliphatic heterocycles. The predicted molar refractivity (Wildman–Crippen MR) is 142 cm³/mol. The molecule has 0 aliphatic carbocycles. The lowest BCUT2D eigenvalue weighted by Crippen LogP contribution is -2.44. The number of nitrogens with one attached hydrogen (secondary N) is 4. The van der Waals surface area contributed by atoms with Crippen molar-refractivity contribution in [3.8, 4) is 0 Å². The van der Waals surface area contributed by atoms with Gasteiger partial charge in [-0.2, -0.15) is 0 Å². The van der Waals surface area contributed by atoms with Crippen LogP contribution in [0.1, 0.15) is 35.6 Å². The molecular weight excluding hydrogens is 468 g/mol. The Labute approximate surface area is 216 Å². The summed E-state index contributed by atoms with van der Waals surface area (Å²) in [6, 6.07) is 25.3. The second-order valence-electron chi connectivity index (χ2n) is 8.44. The summed E-state index contributed by atoms with van der Waals surface area (Å²) in [4.78, 5) is 36.4. The standard InChI is InChI=1S/C29H31N4O4/c1-21(32-26(34)14-8-13-22-9-4-2-5-10-22)28(35)31-19-23-15-17-25(18-16-23)27(30)33-29(36)37-20-24-11-6-3-7-12-24/h2-7,9-12,14-18,21H,8,13,19-20H2,1H3,(H,31,35)(H,32,34)(H2,30,33,36)/t21-/m0/s1. The minimum Gasteiger partial charge on any atom is -0.444 e. The first kappa shape index (κ1) is 27.1. The monoisotopic (exact) mass is 499 g/mol. The number of benzene rings is 3. The van der Waals surface area contributed by atoms with E-state index in [2.05, 4.69) is 16.0 Å². The molecule has 3 aromatic rings. The highest BCUT2D eigenvalue weighted by molar-refractivity contribution is 6.04. The first-order chi connectivity index (χ1) is 17.9. The Balaban J connectivity index is 1.35. The first-order valence-corrected chi connectivity index (χ1v) is 12.0. The van der Waals surface area contributed by atoms with Gasteiger partial charge in [0.2, 0.25) is 11.8 Å². The van der Waals surface area contributed by atoms with Crippen LogP contribution in [0.2, 0.25) is 0 Å². The molecule has 1 radical (unpaired) electrons. The van der Waals surface area contributed by atoms with Crippen molar-refractivity contribution < 1.29 is 19.1 Å². The molecule has 37 heavy (non-hydrogen) atoms. The van der Waals surface area contributed by atoms with Gasteiger partial charge in [0.15, 0.2) is 0 Å². The van der Waals surface area contributed by atoms with Crippen LogP contribution < -0.4 is 16.0 Å². The largest absolute Gasteiger partial charge is 0.444 e. The zero-order valence-electron chi connectivity index (χ0n) is 20.7. The molecule has 8 nitrogen and oxygen atoms in total. The fourth-order valence-corrected chi connectivity index (χ4v) is 3.42. The molecular formula is C29H31N4O4. The summed E-state index contributed by atoms with van der Waals surface area (Å²) in [7, 11) is 0. The van der Waals surface area contributed by atoms with E-state index in [0.717, 1.165) is 23.1 Å². The van der Waals surface area contributed by atoms with Gasteiger partial charge in [-0.1, -0.05) is 84.9 Å². The Bertz CT molecular complexity index is 1180. The normalized spacial score (nSPS) is 11.2. The lowest BCUT2D eigenvalue weighted by atomic mass is 10.1. The van der Waals surface area contributed by atoms with Crippen LogP contribution in [0.15, 0.2) is 84.9 Å². The third-order valence-corrected chi connectivity index (χ3v) is 5.51. The number of hydrogen-bond donors (Lipinski definition) is 4. The predicted octanol–water partition coefficient (Wildman–Crippen LogP) is 3.90. The minimum absolute atomic E-state index is 0.0894. The molecule has 4 N–H and O–H groups in total. The minimum atomic E-state index is -0.710. The van der Waals surface area contributed by atoms with Crippen molar-refractivity contribution in [2.24, 2.45) is 0 Å². The molecule has 0 aromatic heterocycles. The van der Waals surface area contributed by atoms with E-state index in [9.17, 15) is 14.4 Å². The smallest absolute Gasteiger partial charge is 0.413 e. The van der Waals surface area contributed by atoms with Crippen LogP contribution in [0.5, 0.6) is 0 Å². The van der Waals surface area contributed by atoms with E-state index in [-0.39, 0.29) is 30.8 Å². The van der Waals surface area contributed by atoms with Crippen molar-refractivity contribution in [2.45, 2.75) is 39.0 Å². The van der Waals surface area contributed by atoms with Crippen molar-refractivity contribution in [3.05, 3.63) is 114 Å². The highest BCUT2D eigenvalue weighted by Gasteiger charge is 2.15. The second kappa shape index (κ2) is 14.2. The summed E-state index contributed by atoms with van der Waals surface area (Å²) in [5.41, 5.74) is 3.31. The van der Waals surface area contributed by atoms with Gasteiger partial charge in [0, 0.05) is 18.5 Å². The Kier molecular flexibility index (Phi) is 10.4. The molecule has 8 heteroatoms. The molecule has 0 bridgehead atoms. The van der Waals surface area contributed by atoms with Crippen LogP contribution in [0, 0.1) is 11.8 Å². The number of rotatable bonds is 11. The van der Waals surface area contributed by atoms with Gasteiger partial charge in [0.05, 0.1) is 0 Å². The molecule has 3 amide bonds. The van der Waals surface area contributed by atoms with E-state index in [1.807, 2.05) is 60.7 Å². The SMILES string of the molecule is C[C@H](NC(=O)[CH]CCc1ccccc1)C(=O)NCc1ccc(C(=N)NC(=O)OCc2ccccc2)cc1. The van der Waals surface area contributed by atoms with Crippen LogP contribution in [0.25, 0.3) is 0 Å². The molecule has 0 saturated carbocycles. The van der Waals surface area contributed by atoms with Gasteiger partial charge in [-0.3, -0.25) is 20.3 Å². The highest BCUT2D eigenvalue weighted by atomic mass is 16.5. The van der Waals surface area contributed by atoms with E-state index in [1.54, 1.807) is 37.6 Å². The third kappa shape index (κ3) is 9.60.